The number of hydrogen-bond donors (Lipinski definition) is 0. The van der Waals surface area contributed by atoms with E-state index >= 15 is 0 Å². The van der Waals surface area contributed by atoms with E-state index in [2.05, 4.69) is 0 Å². The van der Waals surface area contributed by atoms with Gasteiger partial charge in [-0.3, -0.25) is 4.79 Å². The molecule has 2 aromatic rings. The van der Waals surface area contributed by atoms with E-state index in [0.29, 0.717) is 0 Å². The van der Waals surface area contributed by atoms with Crippen molar-refractivity contribution in [3.63, 3.8) is 0 Å². The summed E-state index contributed by atoms with van der Waals surface area (Å²) in [5, 5.41) is 0. The van der Waals surface area contributed by atoms with Gasteiger partial charge in [-0.1, -0.05) is 60.7 Å². The summed E-state index contributed by atoms with van der Waals surface area (Å²) in [5.74, 6) is 0.162. The fourth-order valence-electron chi connectivity index (χ4n) is 2.12. The Hall–Kier alpha value is -1.89. The monoisotopic (exact) mass is 224 g/mol. The van der Waals surface area contributed by atoms with Gasteiger partial charge in [-0.15, -0.1) is 0 Å². The van der Waals surface area contributed by atoms with Gasteiger partial charge in [0, 0.05) is 0 Å². The van der Waals surface area contributed by atoms with Crippen molar-refractivity contribution < 1.29 is 4.79 Å². The van der Waals surface area contributed by atoms with Crippen molar-refractivity contribution in [1.82, 2.24) is 0 Å². The van der Waals surface area contributed by atoms with Crippen molar-refractivity contribution in [1.29, 1.82) is 0 Å². The van der Waals surface area contributed by atoms with Crippen molar-refractivity contribution in [3.05, 3.63) is 71.8 Å². The zero-order valence-electron chi connectivity index (χ0n) is 10.2. The van der Waals surface area contributed by atoms with Gasteiger partial charge in [-0.05, 0) is 25.0 Å². The third-order valence-corrected chi connectivity index (χ3v) is 3.41. The predicted molar refractivity (Wildman–Crippen MR) is 70.0 cm³/mol. The van der Waals surface area contributed by atoms with Crippen molar-refractivity contribution in [2.45, 2.75) is 19.3 Å². The molecule has 0 aromatic heterocycles. The van der Waals surface area contributed by atoms with E-state index in [0.717, 1.165) is 11.1 Å². The Kier molecular flexibility index (Phi) is 3.10. The molecule has 0 aliphatic rings. The van der Waals surface area contributed by atoms with Gasteiger partial charge in [0.15, 0.2) is 0 Å². The summed E-state index contributed by atoms with van der Waals surface area (Å²) in [5.41, 5.74) is 1.53. The van der Waals surface area contributed by atoms with Gasteiger partial charge in [-0.25, -0.2) is 0 Å². The van der Waals surface area contributed by atoms with Crippen molar-refractivity contribution >= 4 is 5.78 Å². The van der Waals surface area contributed by atoms with Crippen molar-refractivity contribution in [3.8, 4) is 0 Å². The zero-order valence-corrected chi connectivity index (χ0v) is 10.2. The largest absolute Gasteiger partial charge is 0.299 e. The molecule has 2 aromatic carbocycles. The van der Waals surface area contributed by atoms with E-state index in [1.54, 1.807) is 6.92 Å². The SMILES string of the molecule is CC(=O)C(C)(c1ccccc1)c1ccccc1. The molecular formula is C16H16O. The zero-order chi connectivity index (χ0) is 12.3. The fraction of sp³-hybridized carbons (Fsp3) is 0.188. The van der Waals surface area contributed by atoms with Crippen LogP contribution >= 0.6 is 0 Å². The number of carbonyl (C=O) groups is 1. The minimum atomic E-state index is -0.553. The van der Waals surface area contributed by atoms with Crippen molar-refractivity contribution in [2.24, 2.45) is 0 Å². The molecule has 0 aliphatic heterocycles. The minimum absolute atomic E-state index is 0.162. The Balaban J connectivity index is 2.59. The number of hydrogen-bond acceptors (Lipinski definition) is 1. The van der Waals surface area contributed by atoms with Crippen LogP contribution in [0.1, 0.15) is 25.0 Å². The van der Waals surface area contributed by atoms with E-state index in [-0.39, 0.29) is 5.78 Å². The lowest BCUT2D eigenvalue weighted by Gasteiger charge is -2.28. The molecule has 0 radical (unpaired) electrons. The molecule has 0 atom stereocenters. The lowest BCUT2D eigenvalue weighted by Crippen LogP contribution is -2.31. The standard InChI is InChI=1S/C16H16O/c1-13(17)16(2,14-9-5-3-6-10-14)15-11-7-4-8-12-15/h3-12H,1-2H3. The van der Waals surface area contributed by atoms with E-state index < -0.39 is 5.41 Å². The summed E-state index contributed by atoms with van der Waals surface area (Å²) in [4.78, 5) is 12.1. The van der Waals surface area contributed by atoms with Crippen LogP contribution in [0.5, 0.6) is 0 Å². The molecular weight excluding hydrogens is 208 g/mol. The number of benzene rings is 2. The maximum absolute atomic E-state index is 12.1. The second kappa shape index (κ2) is 4.54. The number of ketones is 1. The summed E-state index contributed by atoms with van der Waals surface area (Å²) < 4.78 is 0. The smallest absolute Gasteiger partial charge is 0.144 e. The molecule has 1 nitrogen and oxygen atoms in total. The summed E-state index contributed by atoms with van der Waals surface area (Å²) in [6, 6.07) is 19.9. The maximum atomic E-state index is 12.1. The second-order valence-corrected chi connectivity index (χ2v) is 4.41. The van der Waals surface area contributed by atoms with Gasteiger partial charge in [0.1, 0.15) is 5.78 Å². The highest BCUT2D eigenvalue weighted by Gasteiger charge is 2.33. The number of carbonyl (C=O) groups excluding carboxylic acids is 1. The Bertz CT molecular complexity index is 460. The molecule has 0 spiro atoms. The molecule has 0 heterocycles. The molecule has 17 heavy (non-hydrogen) atoms. The van der Waals surface area contributed by atoms with Crippen LogP contribution in [0.25, 0.3) is 0 Å². The van der Waals surface area contributed by atoms with Crippen molar-refractivity contribution in [2.75, 3.05) is 0 Å². The Labute approximate surface area is 102 Å². The minimum Gasteiger partial charge on any atom is -0.299 e. The summed E-state index contributed by atoms with van der Waals surface area (Å²) in [6.07, 6.45) is 0. The second-order valence-electron chi connectivity index (χ2n) is 4.41. The van der Waals surface area contributed by atoms with E-state index in [1.807, 2.05) is 67.6 Å². The van der Waals surface area contributed by atoms with Gasteiger partial charge in [0.2, 0.25) is 0 Å². The van der Waals surface area contributed by atoms with Crippen LogP contribution < -0.4 is 0 Å². The molecule has 0 fully saturated rings. The molecule has 86 valence electrons. The van der Waals surface area contributed by atoms with Gasteiger partial charge >= 0.3 is 0 Å². The van der Waals surface area contributed by atoms with Gasteiger partial charge in [0.25, 0.3) is 0 Å². The summed E-state index contributed by atoms with van der Waals surface area (Å²) in [7, 11) is 0. The first-order valence-corrected chi connectivity index (χ1v) is 5.78. The van der Waals surface area contributed by atoms with Crippen LogP contribution in [-0.2, 0) is 10.2 Å². The highest BCUT2D eigenvalue weighted by atomic mass is 16.1. The molecule has 0 amide bonds. The van der Waals surface area contributed by atoms with E-state index in [9.17, 15) is 4.79 Å². The Morgan fingerprint density at radius 3 is 1.47 bits per heavy atom. The van der Waals surface area contributed by atoms with Crippen LogP contribution in [0.2, 0.25) is 0 Å². The maximum Gasteiger partial charge on any atom is 0.144 e. The highest BCUT2D eigenvalue weighted by Crippen LogP contribution is 2.32. The Morgan fingerprint density at radius 2 is 1.18 bits per heavy atom. The first kappa shape index (κ1) is 11.6. The molecule has 0 unspecified atom stereocenters. The first-order chi connectivity index (χ1) is 8.15. The Morgan fingerprint density at radius 1 is 0.824 bits per heavy atom. The lowest BCUT2D eigenvalue weighted by molar-refractivity contribution is -0.120. The summed E-state index contributed by atoms with van der Waals surface area (Å²) in [6.45, 7) is 3.64. The third-order valence-electron chi connectivity index (χ3n) is 3.41. The molecule has 0 bridgehead atoms. The first-order valence-electron chi connectivity index (χ1n) is 5.78. The topological polar surface area (TPSA) is 17.1 Å². The summed E-state index contributed by atoms with van der Waals surface area (Å²) >= 11 is 0. The highest BCUT2D eigenvalue weighted by molar-refractivity contribution is 5.91. The third kappa shape index (κ3) is 2.01. The van der Waals surface area contributed by atoms with Crippen LogP contribution in [0.4, 0.5) is 0 Å². The fourth-order valence-corrected chi connectivity index (χ4v) is 2.12. The van der Waals surface area contributed by atoms with Gasteiger partial charge < -0.3 is 0 Å². The van der Waals surface area contributed by atoms with Gasteiger partial charge in [0.05, 0.1) is 5.41 Å². The van der Waals surface area contributed by atoms with E-state index in [4.69, 9.17) is 0 Å². The lowest BCUT2D eigenvalue weighted by atomic mass is 9.73. The van der Waals surface area contributed by atoms with Crippen LogP contribution in [0.15, 0.2) is 60.7 Å². The van der Waals surface area contributed by atoms with Crippen LogP contribution in [-0.4, -0.2) is 5.78 Å². The normalized spacial score (nSPS) is 11.2. The molecule has 1 heteroatoms. The van der Waals surface area contributed by atoms with Gasteiger partial charge in [-0.2, -0.15) is 0 Å². The van der Waals surface area contributed by atoms with Crippen LogP contribution in [0.3, 0.4) is 0 Å². The predicted octanol–water partition coefficient (Wildman–Crippen LogP) is 3.58. The molecule has 0 N–H and O–H groups in total. The molecule has 2 rings (SSSR count). The number of rotatable bonds is 3. The molecule has 0 saturated carbocycles. The van der Waals surface area contributed by atoms with E-state index in [1.165, 1.54) is 0 Å². The average Bonchev–Trinajstić information content (AvgIpc) is 2.39. The average molecular weight is 224 g/mol. The number of Topliss-reactive ketones (excluding diaryl/α,β-unsaturated/α-hetero) is 1. The van der Waals surface area contributed by atoms with Crippen LogP contribution in [0, 0.1) is 0 Å². The quantitative estimate of drug-likeness (QED) is 0.778. The molecule has 0 aliphatic carbocycles. The molecule has 0 saturated heterocycles.